The molecule has 1 aliphatic carbocycles. The largest absolute Gasteiger partial charge is 0.481 e. The molecule has 0 saturated carbocycles. The Balaban J connectivity index is 2.47. The molecule has 5 nitrogen and oxygen atoms in total. The van der Waals surface area contributed by atoms with Crippen molar-refractivity contribution in [3.05, 3.63) is 35.4 Å². The summed E-state index contributed by atoms with van der Waals surface area (Å²) in [5.41, 5.74) is 5.93. The molecule has 0 heterocycles. The van der Waals surface area contributed by atoms with Crippen LogP contribution in [0.4, 0.5) is 0 Å². The Morgan fingerprint density at radius 2 is 2.00 bits per heavy atom. The van der Waals surface area contributed by atoms with Crippen molar-refractivity contribution in [3.8, 4) is 0 Å². The molecule has 0 saturated heterocycles. The Morgan fingerprint density at radius 3 is 2.59 bits per heavy atom. The van der Waals surface area contributed by atoms with Crippen LogP contribution in [0.1, 0.15) is 23.5 Å². The number of fused-ring (bicyclic) bond motifs is 1. The fraction of sp³-hybridized carbons (Fsp3) is 0.333. The van der Waals surface area contributed by atoms with Crippen LogP contribution in [-0.4, -0.2) is 27.7 Å². The van der Waals surface area contributed by atoms with Gasteiger partial charge in [0, 0.05) is 12.3 Å². The van der Waals surface area contributed by atoms with Crippen LogP contribution in [0.3, 0.4) is 0 Å². The lowest BCUT2D eigenvalue weighted by molar-refractivity contribution is -0.145. The first-order chi connectivity index (χ1) is 7.95. The first-order valence-corrected chi connectivity index (χ1v) is 5.27. The number of carbonyl (C=O) groups is 2. The number of nitrogens with two attached hydrogens (primary N) is 1. The summed E-state index contributed by atoms with van der Waals surface area (Å²) in [7, 11) is 0. The summed E-state index contributed by atoms with van der Waals surface area (Å²) in [4.78, 5) is 22.1. The third kappa shape index (κ3) is 1.78. The number of hydrogen-bond donors (Lipinski definition) is 3. The predicted molar refractivity (Wildman–Crippen MR) is 59.7 cm³/mol. The quantitative estimate of drug-likeness (QED) is 0.711. The zero-order valence-corrected chi connectivity index (χ0v) is 9.09. The van der Waals surface area contributed by atoms with Gasteiger partial charge in [-0.05, 0) is 11.1 Å². The SMILES string of the molecule is N[C@@]1(C(=O)O)Cc2ccccc2[C@H]1CC(=O)O. The smallest absolute Gasteiger partial charge is 0.324 e. The molecule has 4 N–H and O–H groups in total. The Bertz CT molecular complexity index is 485. The lowest BCUT2D eigenvalue weighted by atomic mass is 9.83. The summed E-state index contributed by atoms with van der Waals surface area (Å²) in [6, 6.07) is 7.10. The second-order valence-electron chi connectivity index (χ2n) is 4.37. The topological polar surface area (TPSA) is 101 Å². The fourth-order valence-electron chi connectivity index (χ4n) is 2.44. The minimum absolute atomic E-state index is 0.177. The number of aliphatic carboxylic acids is 2. The van der Waals surface area contributed by atoms with Crippen LogP contribution in [-0.2, 0) is 16.0 Å². The van der Waals surface area contributed by atoms with Crippen LogP contribution in [0, 0.1) is 0 Å². The molecule has 0 aliphatic heterocycles. The van der Waals surface area contributed by atoms with Crippen LogP contribution in [0.2, 0.25) is 0 Å². The third-order valence-electron chi connectivity index (χ3n) is 3.31. The monoisotopic (exact) mass is 235 g/mol. The highest BCUT2D eigenvalue weighted by Crippen LogP contribution is 2.41. The molecular weight excluding hydrogens is 222 g/mol. The highest BCUT2D eigenvalue weighted by Gasteiger charge is 2.49. The molecule has 0 aromatic heterocycles. The van der Waals surface area contributed by atoms with E-state index in [1.54, 1.807) is 24.3 Å². The molecule has 90 valence electrons. The van der Waals surface area contributed by atoms with Gasteiger partial charge < -0.3 is 15.9 Å². The molecule has 0 bridgehead atoms. The van der Waals surface area contributed by atoms with Crippen LogP contribution in [0.5, 0.6) is 0 Å². The lowest BCUT2D eigenvalue weighted by Crippen LogP contribution is -2.52. The van der Waals surface area contributed by atoms with Gasteiger partial charge in [0.25, 0.3) is 0 Å². The molecule has 0 fully saturated rings. The first-order valence-electron chi connectivity index (χ1n) is 5.27. The van der Waals surface area contributed by atoms with Crippen molar-refractivity contribution in [1.29, 1.82) is 0 Å². The maximum atomic E-state index is 11.3. The third-order valence-corrected chi connectivity index (χ3v) is 3.31. The maximum absolute atomic E-state index is 11.3. The molecule has 1 aromatic carbocycles. The van der Waals surface area contributed by atoms with E-state index in [0.29, 0.717) is 0 Å². The minimum Gasteiger partial charge on any atom is -0.481 e. The van der Waals surface area contributed by atoms with E-state index in [-0.39, 0.29) is 12.8 Å². The molecule has 17 heavy (non-hydrogen) atoms. The Hall–Kier alpha value is -1.88. The van der Waals surface area contributed by atoms with Crippen molar-refractivity contribution in [2.24, 2.45) is 5.73 Å². The Labute approximate surface area is 97.9 Å². The van der Waals surface area contributed by atoms with Crippen molar-refractivity contribution in [2.75, 3.05) is 0 Å². The van der Waals surface area contributed by atoms with Crippen molar-refractivity contribution < 1.29 is 19.8 Å². The Kier molecular flexibility index (Phi) is 2.63. The zero-order valence-electron chi connectivity index (χ0n) is 9.09. The highest BCUT2D eigenvalue weighted by molar-refractivity contribution is 5.84. The van der Waals surface area contributed by atoms with Gasteiger partial charge in [-0.1, -0.05) is 24.3 Å². The zero-order chi connectivity index (χ0) is 12.6. The molecule has 2 atom stereocenters. The average molecular weight is 235 g/mol. The summed E-state index contributed by atoms with van der Waals surface area (Å²) in [6.07, 6.45) is -0.0870. The van der Waals surface area contributed by atoms with E-state index in [0.717, 1.165) is 11.1 Å². The first kappa shape index (κ1) is 11.6. The second kappa shape index (κ2) is 3.85. The summed E-state index contributed by atoms with van der Waals surface area (Å²) >= 11 is 0. The lowest BCUT2D eigenvalue weighted by Gasteiger charge is -2.26. The van der Waals surface area contributed by atoms with Gasteiger partial charge in [0.1, 0.15) is 5.54 Å². The van der Waals surface area contributed by atoms with E-state index < -0.39 is 23.4 Å². The summed E-state index contributed by atoms with van der Waals surface area (Å²) in [5, 5.41) is 18.1. The number of carboxylic acids is 2. The Morgan fingerprint density at radius 1 is 1.35 bits per heavy atom. The minimum atomic E-state index is -1.51. The highest BCUT2D eigenvalue weighted by atomic mass is 16.4. The standard InChI is InChI=1S/C12H13NO4/c13-12(11(16)17)6-7-3-1-2-4-8(7)9(12)5-10(14)15/h1-4,9H,5-6,13H2,(H,14,15)(H,16,17)/t9-,12+/m1/s1. The van der Waals surface area contributed by atoms with Gasteiger partial charge in [0.2, 0.25) is 0 Å². The van der Waals surface area contributed by atoms with Crippen molar-refractivity contribution in [2.45, 2.75) is 24.3 Å². The van der Waals surface area contributed by atoms with Crippen LogP contribution < -0.4 is 5.73 Å². The summed E-state index contributed by atoms with van der Waals surface area (Å²) in [5.74, 6) is -2.86. The van der Waals surface area contributed by atoms with E-state index in [2.05, 4.69) is 0 Å². The van der Waals surface area contributed by atoms with Crippen molar-refractivity contribution >= 4 is 11.9 Å². The van der Waals surface area contributed by atoms with Crippen molar-refractivity contribution in [3.63, 3.8) is 0 Å². The second-order valence-corrected chi connectivity index (χ2v) is 4.37. The molecule has 1 aromatic rings. The summed E-state index contributed by atoms with van der Waals surface area (Å²) in [6.45, 7) is 0. The molecule has 1 aliphatic rings. The fourth-order valence-corrected chi connectivity index (χ4v) is 2.44. The van der Waals surface area contributed by atoms with Gasteiger partial charge >= 0.3 is 11.9 Å². The van der Waals surface area contributed by atoms with Crippen LogP contribution in [0.15, 0.2) is 24.3 Å². The van der Waals surface area contributed by atoms with Crippen molar-refractivity contribution in [1.82, 2.24) is 0 Å². The molecule has 0 amide bonds. The van der Waals surface area contributed by atoms with Gasteiger partial charge in [0.15, 0.2) is 0 Å². The van der Waals surface area contributed by atoms with E-state index in [9.17, 15) is 14.7 Å². The van der Waals surface area contributed by atoms with E-state index in [1.807, 2.05) is 0 Å². The normalized spacial score (nSPS) is 26.5. The molecule has 0 spiro atoms. The van der Waals surface area contributed by atoms with E-state index >= 15 is 0 Å². The predicted octanol–water partition coefficient (Wildman–Crippen LogP) is 0.583. The molecule has 0 unspecified atom stereocenters. The van der Waals surface area contributed by atoms with Gasteiger partial charge in [-0.15, -0.1) is 0 Å². The van der Waals surface area contributed by atoms with Gasteiger partial charge in [-0.3, -0.25) is 9.59 Å². The van der Waals surface area contributed by atoms with Gasteiger partial charge in [-0.2, -0.15) is 0 Å². The molecule has 2 rings (SSSR count). The van der Waals surface area contributed by atoms with E-state index in [1.165, 1.54) is 0 Å². The molecule has 5 heteroatoms. The molecule has 0 radical (unpaired) electrons. The number of rotatable bonds is 3. The maximum Gasteiger partial charge on any atom is 0.324 e. The number of benzene rings is 1. The van der Waals surface area contributed by atoms with Gasteiger partial charge in [0.05, 0.1) is 6.42 Å². The number of carboxylic acid groups (broad SMARTS) is 2. The van der Waals surface area contributed by atoms with Crippen LogP contribution >= 0.6 is 0 Å². The molecular formula is C12H13NO4. The van der Waals surface area contributed by atoms with Gasteiger partial charge in [-0.25, -0.2) is 0 Å². The number of hydrogen-bond acceptors (Lipinski definition) is 3. The van der Waals surface area contributed by atoms with Crippen LogP contribution in [0.25, 0.3) is 0 Å². The van der Waals surface area contributed by atoms with E-state index in [4.69, 9.17) is 10.8 Å². The average Bonchev–Trinajstić information content (AvgIpc) is 2.53. The summed E-state index contributed by atoms with van der Waals surface area (Å²) < 4.78 is 0.